The van der Waals surface area contributed by atoms with E-state index in [1.807, 2.05) is 0 Å². The largest absolute Gasteiger partial charge is 0.381 e. The van der Waals surface area contributed by atoms with Gasteiger partial charge in [-0.25, -0.2) is 9.37 Å². The van der Waals surface area contributed by atoms with Crippen LogP contribution in [0.25, 0.3) is 0 Å². The summed E-state index contributed by atoms with van der Waals surface area (Å²) in [6, 6.07) is 1.20. The van der Waals surface area contributed by atoms with E-state index in [9.17, 15) is 14.0 Å². The zero-order valence-electron chi connectivity index (χ0n) is 8.37. The molecule has 1 aromatic heterocycles. The molecule has 0 radical (unpaired) electrons. The number of rotatable bonds is 4. The molecule has 1 heterocycles. The van der Waals surface area contributed by atoms with Gasteiger partial charge in [-0.3, -0.25) is 9.59 Å². The number of nitrogens with zero attached hydrogens (tertiary/aromatic N) is 1. The number of pyridine rings is 1. The summed E-state index contributed by atoms with van der Waals surface area (Å²) in [6.07, 6.45) is 1.22. The quantitative estimate of drug-likeness (QED) is 0.637. The number of amides is 2. The van der Waals surface area contributed by atoms with E-state index in [-0.39, 0.29) is 24.3 Å². The van der Waals surface area contributed by atoms with Gasteiger partial charge in [0.1, 0.15) is 0 Å². The summed E-state index contributed by atoms with van der Waals surface area (Å²) in [5.74, 6) is -2.43. The van der Waals surface area contributed by atoms with Crippen LogP contribution in [-0.2, 0) is 4.79 Å². The van der Waals surface area contributed by atoms with E-state index >= 15 is 0 Å². The predicted octanol–water partition coefficient (Wildman–Crippen LogP) is -0.592. The molecule has 0 aromatic carbocycles. The Kier molecular flexibility index (Phi) is 3.76. The second-order valence-corrected chi connectivity index (χ2v) is 3.03. The van der Waals surface area contributed by atoms with E-state index in [0.29, 0.717) is 0 Å². The molecule has 86 valence electrons. The number of nitrogens with two attached hydrogens (primary N) is 2. The van der Waals surface area contributed by atoms with Crippen LogP contribution in [0.4, 0.5) is 10.2 Å². The fraction of sp³-hybridized carbons (Fsp3) is 0.222. The van der Waals surface area contributed by atoms with E-state index in [4.69, 9.17) is 11.5 Å². The first-order chi connectivity index (χ1) is 7.52. The number of primary amides is 1. The number of hydrogen-bond donors (Lipinski definition) is 3. The minimum absolute atomic E-state index is 0.00603. The van der Waals surface area contributed by atoms with Crippen molar-refractivity contribution in [3.05, 3.63) is 23.6 Å². The van der Waals surface area contributed by atoms with E-state index in [1.54, 1.807) is 0 Å². The topological polar surface area (TPSA) is 111 Å². The van der Waals surface area contributed by atoms with Crippen molar-refractivity contribution in [2.24, 2.45) is 5.73 Å². The van der Waals surface area contributed by atoms with Gasteiger partial charge in [-0.05, 0) is 6.07 Å². The lowest BCUT2D eigenvalue weighted by Gasteiger charge is -2.05. The standard InChI is InChI=1S/C9H11FN4O2/c10-7-5(1-3-13-8(7)12)9(16)14-4-2-6(11)15/h1,3H,2,4H2,(H2,11,15)(H2,12,13)(H,14,16). The monoisotopic (exact) mass is 226 g/mol. The first kappa shape index (κ1) is 11.9. The van der Waals surface area contributed by atoms with Crippen molar-refractivity contribution in [1.82, 2.24) is 10.3 Å². The number of aromatic nitrogens is 1. The predicted molar refractivity (Wildman–Crippen MR) is 54.8 cm³/mol. The second-order valence-electron chi connectivity index (χ2n) is 3.03. The number of nitrogen functional groups attached to an aromatic ring is 1. The lowest BCUT2D eigenvalue weighted by molar-refractivity contribution is -0.117. The molecule has 1 aromatic rings. The van der Waals surface area contributed by atoms with Crippen LogP contribution in [0.3, 0.4) is 0 Å². The molecule has 0 aliphatic carbocycles. The van der Waals surface area contributed by atoms with E-state index < -0.39 is 17.6 Å². The highest BCUT2D eigenvalue weighted by Crippen LogP contribution is 2.11. The second kappa shape index (κ2) is 5.06. The average Bonchev–Trinajstić information content (AvgIpc) is 2.21. The number of hydrogen-bond acceptors (Lipinski definition) is 4. The third-order valence-corrected chi connectivity index (χ3v) is 1.82. The van der Waals surface area contributed by atoms with E-state index in [1.165, 1.54) is 12.3 Å². The van der Waals surface area contributed by atoms with E-state index in [2.05, 4.69) is 10.3 Å². The van der Waals surface area contributed by atoms with Gasteiger partial charge in [0.25, 0.3) is 5.91 Å². The lowest BCUT2D eigenvalue weighted by Crippen LogP contribution is -2.28. The molecule has 1 rings (SSSR count). The Labute approximate surface area is 90.8 Å². The summed E-state index contributed by atoms with van der Waals surface area (Å²) in [5.41, 5.74) is 9.86. The van der Waals surface area contributed by atoms with Crippen LogP contribution in [0.15, 0.2) is 12.3 Å². The minimum Gasteiger partial charge on any atom is -0.381 e. The zero-order chi connectivity index (χ0) is 12.1. The number of carbonyl (C=O) groups excluding carboxylic acids is 2. The molecular formula is C9H11FN4O2. The third-order valence-electron chi connectivity index (χ3n) is 1.82. The average molecular weight is 226 g/mol. The Hall–Kier alpha value is -2.18. The zero-order valence-corrected chi connectivity index (χ0v) is 8.37. The number of nitrogens with one attached hydrogen (secondary N) is 1. The number of halogens is 1. The Bertz CT molecular complexity index is 422. The van der Waals surface area contributed by atoms with Crippen molar-refractivity contribution < 1.29 is 14.0 Å². The summed E-state index contributed by atoms with van der Waals surface area (Å²) >= 11 is 0. The maximum absolute atomic E-state index is 13.3. The van der Waals surface area contributed by atoms with Crippen molar-refractivity contribution in [2.75, 3.05) is 12.3 Å². The smallest absolute Gasteiger partial charge is 0.254 e. The molecule has 0 saturated carbocycles. The molecule has 0 aliphatic heterocycles. The molecule has 0 saturated heterocycles. The molecule has 0 fully saturated rings. The molecule has 0 spiro atoms. The number of carbonyl (C=O) groups is 2. The SMILES string of the molecule is NC(=O)CCNC(=O)c1ccnc(N)c1F. The van der Waals surface area contributed by atoms with Gasteiger partial charge in [-0.1, -0.05) is 0 Å². The number of anilines is 1. The van der Waals surface area contributed by atoms with Crippen molar-refractivity contribution in [3.8, 4) is 0 Å². The fourth-order valence-electron chi connectivity index (χ4n) is 1.03. The summed E-state index contributed by atoms with van der Waals surface area (Å²) in [5, 5.41) is 2.34. The molecule has 6 nitrogen and oxygen atoms in total. The summed E-state index contributed by atoms with van der Waals surface area (Å²) in [7, 11) is 0. The molecule has 2 amide bonds. The lowest BCUT2D eigenvalue weighted by atomic mass is 10.2. The molecule has 0 atom stereocenters. The van der Waals surface area contributed by atoms with Crippen LogP contribution in [0, 0.1) is 5.82 Å². The van der Waals surface area contributed by atoms with Crippen LogP contribution >= 0.6 is 0 Å². The Morgan fingerprint density at radius 1 is 1.50 bits per heavy atom. The van der Waals surface area contributed by atoms with E-state index in [0.717, 1.165) is 0 Å². The summed E-state index contributed by atoms with van der Waals surface area (Å²) in [6.45, 7) is 0.0514. The van der Waals surface area contributed by atoms with Crippen molar-refractivity contribution >= 4 is 17.6 Å². The molecular weight excluding hydrogens is 215 g/mol. The van der Waals surface area contributed by atoms with Gasteiger partial charge in [-0.15, -0.1) is 0 Å². The van der Waals surface area contributed by atoms with Crippen LogP contribution in [0.1, 0.15) is 16.8 Å². The Morgan fingerprint density at radius 3 is 2.81 bits per heavy atom. The highest BCUT2D eigenvalue weighted by molar-refractivity contribution is 5.95. The third kappa shape index (κ3) is 2.91. The summed E-state index contributed by atoms with van der Waals surface area (Å²) in [4.78, 5) is 25.3. The molecule has 0 aliphatic rings. The van der Waals surface area contributed by atoms with Gasteiger partial charge in [0, 0.05) is 19.2 Å². The molecule has 0 bridgehead atoms. The van der Waals surface area contributed by atoms with Crippen LogP contribution in [-0.4, -0.2) is 23.3 Å². The Morgan fingerprint density at radius 2 is 2.19 bits per heavy atom. The van der Waals surface area contributed by atoms with Gasteiger partial charge < -0.3 is 16.8 Å². The normalized spacial score (nSPS) is 9.81. The summed E-state index contributed by atoms with van der Waals surface area (Å²) < 4.78 is 13.3. The van der Waals surface area contributed by atoms with Crippen LogP contribution in [0.5, 0.6) is 0 Å². The maximum Gasteiger partial charge on any atom is 0.254 e. The maximum atomic E-state index is 13.3. The van der Waals surface area contributed by atoms with Gasteiger partial charge in [0.15, 0.2) is 11.6 Å². The first-order valence-corrected chi connectivity index (χ1v) is 4.49. The van der Waals surface area contributed by atoms with Crippen molar-refractivity contribution in [3.63, 3.8) is 0 Å². The van der Waals surface area contributed by atoms with Gasteiger partial charge in [0.05, 0.1) is 5.56 Å². The van der Waals surface area contributed by atoms with Crippen LogP contribution < -0.4 is 16.8 Å². The van der Waals surface area contributed by atoms with Crippen LogP contribution in [0.2, 0.25) is 0 Å². The highest BCUT2D eigenvalue weighted by atomic mass is 19.1. The molecule has 0 unspecified atom stereocenters. The first-order valence-electron chi connectivity index (χ1n) is 4.49. The highest BCUT2D eigenvalue weighted by Gasteiger charge is 2.13. The Balaban J connectivity index is 2.66. The van der Waals surface area contributed by atoms with Gasteiger partial charge in [0.2, 0.25) is 5.91 Å². The molecule has 7 heteroatoms. The minimum atomic E-state index is -0.876. The van der Waals surface area contributed by atoms with Gasteiger partial charge in [-0.2, -0.15) is 0 Å². The molecule has 16 heavy (non-hydrogen) atoms. The van der Waals surface area contributed by atoms with Gasteiger partial charge >= 0.3 is 0 Å². The van der Waals surface area contributed by atoms with Crippen molar-refractivity contribution in [1.29, 1.82) is 0 Å². The van der Waals surface area contributed by atoms with Crippen molar-refractivity contribution in [2.45, 2.75) is 6.42 Å². The molecule has 5 N–H and O–H groups in total. The fourth-order valence-corrected chi connectivity index (χ4v) is 1.03.